The summed E-state index contributed by atoms with van der Waals surface area (Å²) in [5, 5.41) is 15.4. The van der Waals surface area contributed by atoms with E-state index >= 15 is 0 Å². The number of hydrogen-bond acceptors (Lipinski definition) is 2. The number of urea groups is 1. The van der Waals surface area contributed by atoms with Crippen molar-refractivity contribution in [3.8, 4) is 0 Å². The Hall–Kier alpha value is -1.62. The van der Waals surface area contributed by atoms with Gasteiger partial charge in [0, 0.05) is 12.0 Å². The van der Waals surface area contributed by atoms with Crippen LogP contribution in [0.3, 0.4) is 0 Å². The fourth-order valence-corrected chi connectivity index (χ4v) is 3.43. The molecule has 0 heterocycles. The van der Waals surface area contributed by atoms with E-state index < -0.39 is 5.54 Å². The summed E-state index contributed by atoms with van der Waals surface area (Å²) in [5.74, 6) is -0.239. The Bertz CT molecular complexity index is 534. The molecule has 3 rings (SSSR count). The summed E-state index contributed by atoms with van der Waals surface area (Å²) >= 11 is 0. The van der Waals surface area contributed by atoms with Crippen molar-refractivity contribution < 1.29 is 14.3 Å². The van der Waals surface area contributed by atoms with Crippen LogP contribution in [-0.4, -0.2) is 29.8 Å². The number of halogens is 1. The van der Waals surface area contributed by atoms with E-state index in [1.54, 1.807) is 12.1 Å². The number of aliphatic hydroxyl groups is 1. The number of benzene rings is 1. The number of carbonyl (C=O) groups is 1. The predicted octanol–water partition coefficient (Wildman–Crippen LogP) is 2.46. The second-order valence-electron chi connectivity index (χ2n) is 6.74. The molecule has 2 saturated carbocycles. The molecule has 0 bridgehead atoms. The monoisotopic (exact) mass is 306 g/mol. The molecule has 4 nitrogen and oxygen atoms in total. The molecule has 2 amide bonds. The molecule has 5 heteroatoms. The highest BCUT2D eigenvalue weighted by Gasteiger charge is 2.44. The van der Waals surface area contributed by atoms with Gasteiger partial charge in [-0.05, 0) is 43.4 Å². The largest absolute Gasteiger partial charge is 0.394 e. The molecule has 0 spiro atoms. The Morgan fingerprint density at radius 1 is 1.14 bits per heavy atom. The summed E-state index contributed by atoms with van der Waals surface area (Å²) in [6, 6.07) is 6.32. The van der Waals surface area contributed by atoms with Crippen molar-refractivity contribution in [3.05, 3.63) is 35.6 Å². The van der Waals surface area contributed by atoms with Crippen molar-refractivity contribution in [2.45, 2.75) is 49.5 Å². The van der Waals surface area contributed by atoms with Crippen LogP contribution in [0, 0.1) is 5.82 Å². The Morgan fingerprint density at radius 2 is 1.77 bits per heavy atom. The van der Waals surface area contributed by atoms with Crippen molar-refractivity contribution >= 4 is 6.03 Å². The molecule has 120 valence electrons. The first kappa shape index (κ1) is 15.3. The topological polar surface area (TPSA) is 61.4 Å². The number of carbonyl (C=O) groups excluding carboxylic acids is 1. The zero-order chi connectivity index (χ0) is 15.6. The van der Waals surface area contributed by atoms with Crippen molar-refractivity contribution in [2.24, 2.45) is 0 Å². The van der Waals surface area contributed by atoms with Crippen LogP contribution >= 0.6 is 0 Å². The normalized spacial score (nSPS) is 21.4. The van der Waals surface area contributed by atoms with Crippen LogP contribution < -0.4 is 10.6 Å². The van der Waals surface area contributed by atoms with Crippen LogP contribution in [0.5, 0.6) is 0 Å². The van der Waals surface area contributed by atoms with Crippen LogP contribution in [-0.2, 0) is 5.41 Å². The third-order valence-electron chi connectivity index (χ3n) is 5.14. The third-order valence-corrected chi connectivity index (χ3v) is 5.14. The summed E-state index contributed by atoms with van der Waals surface area (Å²) in [6.45, 7) is 0.537. The Kier molecular flexibility index (Phi) is 4.08. The zero-order valence-corrected chi connectivity index (χ0v) is 12.7. The minimum Gasteiger partial charge on any atom is -0.394 e. The second-order valence-corrected chi connectivity index (χ2v) is 6.74. The molecule has 0 aliphatic heterocycles. The second kappa shape index (κ2) is 5.88. The van der Waals surface area contributed by atoms with Crippen LogP contribution in [0.4, 0.5) is 9.18 Å². The smallest absolute Gasteiger partial charge is 0.315 e. The third kappa shape index (κ3) is 3.09. The minimum atomic E-state index is -0.448. The van der Waals surface area contributed by atoms with Gasteiger partial charge in [0.15, 0.2) is 0 Å². The predicted molar refractivity (Wildman–Crippen MR) is 82.1 cm³/mol. The van der Waals surface area contributed by atoms with Crippen LogP contribution in [0.25, 0.3) is 0 Å². The lowest BCUT2D eigenvalue weighted by molar-refractivity contribution is 0.162. The number of rotatable bonds is 5. The molecule has 0 saturated heterocycles. The molecule has 22 heavy (non-hydrogen) atoms. The minimum absolute atomic E-state index is 0.0104. The SMILES string of the molecule is O=C(NCC1(c2ccc(F)cc2)CC1)NC1(CO)CCCC1. The molecule has 2 aliphatic rings. The molecule has 1 aromatic carbocycles. The van der Waals surface area contributed by atoms with Gasteiger partial charge in [-0.1, -0.05) is 25.0 Å². The van der Waals surface area contributed by atoms with Gasteiger partial charge < -0.3 is 15.7 Å². The summed E-state index contributed by atoms with van der Waals surface area (Å²) in [7, 11) is 0. The number of nitrogens with one attached hydrogen (secondary N) is 2. The summed E-state index contributed by atoms with van der Waals surface area (Å²) in [5.41, 5.74) is 0.580. The van der Waals surface area contributed by atoms with Crippen molar-refractivity contribution in [1.82, 2.24) is 10.6 Å². The number of aliphatic hydroxyl groups excluding tert-OH is 1. The molecule has 0 atom stereocenters. The highest BCUT2D eigenvalue weighted by atomic mass is 19.1. The van der Waals surface area contributed by atoms with E-state index in [0.717, 1.165) is 44.1 Å². The van der Waals surface area contributed by atoms with Gasteiger partial charge in [-0.2, -0.15) is 0 Å². The molecular formula is C17H23FN2O2. The van der Waals surface area contributed by atoms with Gasteiger partial charge >= 0.3 is 6.03 Å². The average molecular weight is 306 g/mol. The summed E-state index contributed by atoms with van der Waals surface area (Å²) in [4.78, 5) is 12.1. The maximum atomic E-state index is 13.0. The molecule has 0 unspecified atom stereocenters. The van der Waals surface area contributed by atoms with Gasteiger partial charge in [0.05, 0.1) is 12.1 Å². The Morgan fingerprint density at radius 3 is 2.32 bits per heavy atom. The fraction of sp³-hybridized carbons (Fsp3) is 0.588. The molecule has 0 radical (unpaired) electrons. The average Bonchev–Trinajstić information content (AvgIpc) is 3.18. The molecule has 3 N–H and O–H groups in total. The van der Waals surface area contributed by atoms with Gasteiger partial charge in [-0.3, -0.25) is 0 Å². The molecule has 2 aliphatic carbocycles. The lowest BCUT2D eigenvalue weighted by Crippen LogP contribution is -2.53. The Labute approximate surface area is 130 Å². The van der Waals surface area contributed by atoms with Gasteiger partial charge in [0.1, 0.15) is 5.82 Å². The first-order valence-electron chi connectivity index (χ1n) is 8.01. The standard InChI is InChI=1S/C17H23FN2O2/c18-14-5-3-13(4-6-14)16(9-10-16)11-19-15(22)20-17(12-21)7-1-2-8-17/h3-6,21H,1-2,7-12H2,(H2,19,20,22). The highest BCUT2D eigenvalue weighted by molar-refractivity contribution is 5.75. The van der Waals surface area contributed by atoms with E-state index in [0.29, 0.717) is 6.54 Å². The summed E-state index contributed by atoms with van der Waals surface area (Å²) < 4.78 is 13.0. The fourth-order valence-electron chi connectivity index (χ4n) is 3.43. The maximum absolute atomic E-state index is 13.0. The van der Waals surface area contributed by atoms with E-state index in [4.69, 9.17) is 0 Å². The van der Waals surface area contributed by atoms with Crippen LogP contribution in [0.15, 0.2) is 24.3 Å². The lowest BCUT2D eigenvalue weighted by atomic mass is 9.96. The van der Waals surface area contributed by atoms with Crippen molar-refractivity contribution in [2.75, 3.05) is 13.2 Å². The van der Waals surface area contributed by atoms with Gasteiger partial charge in [-0.15, -0.1) is 0 Å². The van der Waals surface area contributed by atoms with E-state index in [2.05, 4.69) is 10.6 Å². The molecule has 2 fully saturated rings. The Balaban J connectivity index is 1.56. The van der Waals surface area contributed by atoms with Crippen LogP contribution in [0.2, 0.25) is 0 Å². The summed E-state index contributed by atoms with van der Waals surface area (Å²) in [6.07, 6.45) is 5.76. The van der Waals surface area contributed by atoms with Crippen LogP contribution in [0.1, 0.15) is 44.1 Å². The van der Waals surface area contributed by atoms with Gasteiger partial charge in [-0.25, -0.2) is 9.18 Å². The highest BCUT2D eigenvalue weighted by Crippen LogP contribution is 2.47. The molecule has 1 aromatic rings. The van der Waals surface area contributed by atoms with E-state index in [9.17, 15) is 14.3 Å². The first-order chi connectivity index (χ1) is 10.6. The van der Waals surface area contributed by atoms with Crippen molar-refractivity contribution in [3.63, 3.8) is 0 Å². The molecule has 0 aromatic heterocycles. The first-order valence-corrected chi connectivity index (χ1v) is 8.01. The number of amides is 2. The number of hydrogen-bond donors (Lipinski definition) is 3. The van der Waals surface area contributed by atoms with Gasteiger partial charge in [0.25, 0.3) is 0 Å². The van der Waals surface area contributed by atoms with E-state index in [1.165, 1.54) is 12.1 Å². The maximum Gasteiger partial charge on any atom is 0.315 e. The van der Waals surface area contributed by atoms with E-state index in [1.807, 2.05) is 0 Å². The lowest BCUT2D eigenvalue weighted by Gasteiger charge is -2.28. The molecular weight excluding hydrogens is 283 g/mol. The quantitative estimate of drug-likeness (QED) is 0.782. The van der Waals surface area contributed by atoms with E-state index in [-0.39, 0.29) is 23.9 Å². The zero-order valence-electron chi connectivity index (χ0n) is 12.7. The van der Waals surface area contributed by atoms with Crippen molar-refractivity contribution in [1.29, 1.82) is 0 Å². The van der Waals surface area contributed by atoms with Gasteiger partial charge in [0.2, 0.25) is 0 Å².